The van der Waals surface area contributed by atoms with Crippen molar-refractivity contribution in [2.75, 3.05) is 45.2 Å². The van der Waals surface area contributed by atoms with Crippen LogP contribution in [0, 0.1) is 5.92 Å². The van der Waals surface area contributed by atoms with Crippen molar-refractivity contribution in [2.45, 2.75) is 38.6 Å². The van der Waals surface area contributed by atoms with E-state index < -0.39 is 0 Å². The van der Waals surface area contributed by atoms with Crippen LogP contribution in [0.15, 0.2) is 48.5 Å². The first-order valence-electron chi connectivity index (χ1n) is 11.5. The summed E-state index contributed by atoms with van der Waals surface area (Å²) < 4.78 is 0. The van der Waals surface area contributed by atoms with Crippen LogP contribution in [0.3, 0.4) is 0 Å². The zero-order valence-electron chi connectivity index (χ0n) is 18.5. The van der Waals surface area contributed by atoms with Gasteiger partial charge in [-0.1, -0.05) is 30.3 Å². The number of piperidine rings is 1. The molecule has 0 bridgehead atoms. The lowest BCUT2D eigenvalue weighted by molar-refractivity contribution is 0.0737. The zero-order valence-corrected chi connectivity index (χ0v) is 18.5. The van der Waals surface area contributed by atoms with Crippen LogP contribution in [0.4, 0.5) is 5.69 Å². The van der Waals surface area contributed by atoms with Crippen molar-refractivity contribution in [3.63, 3.8) is 0 Å². The molecular formula is C26H35N3O. The zero-order chi connectivity index (χ0) is 20.9. The first-order valence-corrected chi connectivity index (χ1v) is 11.5. The normalized spacial score (nSPS) is 18.0. The van der Waals surface area contributed by atoms with Crippen molar-refractivity contribution in [1.29, 1.82) is 0 Å². The minimum atomic E-state index is 0.163. The van der Waals surface area contributed by atoms with E-state index in [0.717, 1.165) is 44.7 Å². The summed E-state index contributed by atoms with van der Waals surface area (Å²) in [6.45, 7) is 5.23. The standard InChI is InChI=1S/C26H35N3O/c1-27-15-7-6-10-23-18-24(11-12-25(23)27)26(30)28(2)19-22-13-16-29(17-14-22)20-21-8-4-3-5-9-21/h3-5,8-9,11-12,18,22H,6-7,10,13-17,19-20H2,1-2H3. The van der Waals surface area contributed by atoms with Crippen molar-refractivity contribution < 1.29 is 4.79 Å². The predicted octanol–water partition coefficient (Wildman–Crippen LogP) is 4.44. The summed E-state index contributed by atoms with van der Waals surface area (Å²) in [4.78, 5) is 19.9. The summed E-state index contributed by atoms with van der Waals surface area (Å²) in [5.41, 5.74) is 4.84. The molecule has 4 heteroatoms. The Morgan fingerprint density at radius 2 is 1.80 bits per heavy atom. The van der Waals surface area contributed by atoms with Crippen molar-refractivity contribution in [1.82, 2.24) is 9.80 Å². The molecule has 2 heterocycles. The van der Waals surface area contributed by atoms with E-state index in [9.17, 15) is 4.79 Å². The van der Waals surface area contributed by atoms with Gasteiger partial charge in [0.05, 0.1) is 0 Å². The van der Waals surface area contributed by atoms with Gasteiger partial charge in [-0.2, -0.15) is 0 Å². The van der Waals surface area contributed by atoms with E-state index in [0.29, 0.717) is 5.92 Å². The highest BCUT2D eigenvalue weighted by Crippen LogP contribution is 2.27. The number of fused-ring (bicyclic) bond motifs is 1. The van der Waals surface area contributed by atoms with E-state index >= 15 is 0 Å². The molecule has 30 heavy (non-hydrogen) atoms. The van der Waals surface area contributed by atoms with Gasteiger partial charge in [-0.15, -0.1) is 0 Å². The topological polar surface area (TPSA) is 26.8 Å². The maximum atomic E-state index is 13.1. The van der Waals surface area contributed by atoms with E-state index in [-0.39, 0.29) is 5.91 Å². The summed E-state index contributed by atoms with van der Waals surface area (Å²) in [7, 11) is 4.12. The van der Waals surface area contributed by atoms with Crippen LogP contribution >= 0.6 is 0 Å². The Bertz CT molecular complexity index is 843. The molecule has 0 radical (unpaired) electrons. The molecule has 4 rings (SSSR count). The molecule has 0 N–H and O–H groups in total. The highest BCUT2D eigenvalue weighted by atomic mass is 16.2. The molecule has 2 aromatic carbocycles. The fourth-order valence-electron chi connectivity index (χ4n) is 4.94. The van der Waals surface area contributed by atoms with E-state index in [4.69, 9.17) is 0 Å². The van der Waals surface area contributed by atoms with Crippen molar-refractivity contribution >= 4 is 11.6 Å². The molecule has 0 unspecified atom stereocenters. The molecule has 160 valence electrons. The largest absolute Gasteiger partial charge is 0.374 e. The third kappa shape index (κ3) is 5.04. The molecule has 0 spiro atoms. The highest BCUT2D eigenvalue weighted by Gasteiger charge is 2.23. The fourth-order valence-corrected chi connectivity index (χ4v) is 4.94. The second-order valence-electron chi connectivity index (χ2n) is 9.11. The number of carbonyl (C=O) groups excluding carboxylic acids is 1. The molecule has 1 saturated heterocycles. The lowest BCUT2D eigenvalue weighted by atomic mass is 9.95. The van der Waals surface area contributed by atoms with Crippen LogP contribution in [0.1, 0.15) is 47.2 Å². The van der Waals surface area contributed by atoms with Crippen LogP contribution in [0.5, 0.6) is 0 Å². The van der Waals surface area contributed by atoms with E-state index in [1.54, 1.807) is 0 Å². The van der Waals surface area contributed by atoms with E-state index in [1.807, 2.05) is 18.0 Å². The molecule has 0 saturated carbocycles. The molecule has 2 aromatic rings. The number of hydrogen-bond donors (Lipinski definition) is 0. The second kappa shape index (κ2) is 9.65. The van der Waals surface area contributed by atoms with Gasteiger partial charge in [0.2, 0.25) is 0 Å². The Hall–Kier alpha value is -2.33. The SMILES string of the molecule is CN(CC1CCN(Cc2ccccc2)CC1)C(=O)c1ccc2c(c1)CCCCN2C. The minimum Gasteiger partial charge on any atom is -0.374 e. The van der Waals surface area contributed by atoms with Gasteiger partial charge in [-0.05, 0) is 80.4 Å². The van der Waals surface area contributed by atoms with Gasteiger partial charge in [-0.25, -0.2) is 0 Å². The van der Waals surface area contributed by atoms with Crippen molar-refractivity contribution in [3.8, 4) is 0 Å². The maximum Gasteiger partial charge on any atom is 0.253 e. The number of amides is 1. The lowest BCUT2D eigenvalue weighted by Crippen LogP contribution is -2.39. The molecule has 2 aliphatic rings. The number of likely N-dealkylation sites (tertiary alicyclic amines) is 1. The molecule has 0 atom stereocenters. The highest BCUT2D eigenvalue weighted by molar-refractivity contribution is 5.94. The van der Waals surface area contributed by atoms with Crippen LogP contribution in [0.2, 0.25) is 0 Å². The van der Waals surface area contributed by atoms with E-state index in [1.165, 1.54) is 42.5 Å². The Kier molecular flexibility index (Phi) is 6.73. The molecule has 4 nitrogen and oxygen atoms in total. The average Bonchev–Trinajstić information content (AvgIpc) is 2.96. The molecule has 0 aromatic heterocycles. The van der Waals surface area contributed by atoms with Gasteiger partial charge < -0.3 is 9.80 Å². The molecule has 2 aliphatic heterocycles. The van der Waals surface area contributed by atoms with Crippen molar-refractivity contribution in [3.05, 3.63) is 65.2 Å². The number of benzene rings is 2. The number of hydrogen-bond acceptors (Lipinski definition) is 3. The van der Waals surface area contributed by atoms with Crippen LogP contribution in [-0.4, -0.2) is 56.0 Å². The molecular weight excluding hydrogens is 370 g/mol. The summed E-state index contributed by atoms with van der Waals surface area (Å²) in [6.07, 6.45) is 5.83. The Labute approximate surface area is 181 Å². The summed E-state index contributed by atoms with van der Waals surface area (Å²) in [5.74, 6) is 0.759. The number of rotatable bonds is 5. The van der Waals surface area contributed by atoms with Gasteiger partial charge in [0.25, 0.3) is 5.91 Å². The van der Waals surface area contributed by atoms with Gasteiger partial charge in [0.15, 0.2) is 0 Å². The van der Waals surface area contributed by atoms with Gasteiger partial charge in [0.1, 0.15) is 0 Å². The summed E-state index contributed by atoms with van der Waals surface area (Å²) in [5, 5.41) is 0. The number of nitrogens with zero attached hydrogens (tertiary/aromatic N) is 3. The third-order valence-corrected chi connectivity index (χ3v) is 6.76. The molecule has 1 amide bonds. The van der Waals surface area contributed by atoms with Crippen LogP contribution < -0.4 is 4.90 Å². The molecule has 1 fully saturated rings. The first-order chi connectivity index (χ1) is 14.6. The van der Waals surface area contributed by atoms with Gasteiger partial charge in [-0.3, -0.25) is 9.69 Å². The van der Waals surface area contributed by atoms with Crippen LogP contribution in [0.25, 0.3) is 0 Å². The Morgan fingerprint density at radius 3 is 2.57 bits per heavy atom. The maximum absolute atomic E-state index is 13.1. The predicted molar refractivity (Wildman–Crippen MR) is 124 cm³/mol. The van der Waals surface area contributed by atoms with Gasteiger partial charge >= 0.3 is 0 Å². The summed E-state index contributed by atoms with van der Waals surface area (Å²) >= 11 is 0. The first kappa shape index (κ1) is 20.9. The third-order valence-electron chi connectivity index (χ3n) is 6.76. The molecule has 0 aliphatic carbocycles. The Balaban J connectivity index is 1.30. The minimum absolute atomic E-state index is 0.163. The van der Waals surface area contributed by atoms with Crippen molar-refractivity contribution in [2.24, 2.45) is 5.92 Å². The number of carbonyl (C=O) groups is 1. The lowest BCUT2D eigenvalue weighted by Gasteiger charge is -2.34. The van der Waals surface area contributed by atoms with E-state index in [2.05, 4.69) is 59.3 Å². The second-order valence-corrected chi connectivity index (χ2v) is 9.11. The quantitative estimate of drug-likeness (QED) is 0.736. The summed E-state index contributed by atoms with van der Waals surface area (Å²) in [6, 6.07) is 17.0. The van der Waals surface area contributed by atoms with Gasteiger partial charge in [0, 0.05) is 45.0 Å². The fraction of sp³-hybridized carbons (Fsp3) is 0.500. The number of aryl methyl sites for hydroxylation is 1. The monoisotopic (exact) mass is 405 g/mol. The Morgan fingerprint density at radius 1 is 1.03 bits per heavy atom. The van der Waals surface area contributed by atoms with Crippen LogP contribution in [-0.2, 0) is 13.0 Å². The number of anilines is 1. The average molecular weight is 406 g/mol. The smallest absolute Gasteiger partial charge is 0.253 e.